The Balaban J connectivity index is 2.45. The Bertz CT molecular complexity index is 557. The molecule has 0 radical (unpaired) electrons. The molecule has 0 atom stereocenters. The molecule has 7 nitrogen and oxygen atoms in total. The third-order valence-electron chi connectivity index (χ3n) is 3.24. The number of ether oxygens (including phenoxy) is 1. The largest absolute Gasteiger partial charge is 0.469 e. The first-order valence-corrected chi connectivity index (χ1v) is 7.06. The summed E-state index contributed by atoms with van der Waals surface area (Å²) in [5.74, 6) is -0.706. The summed E-state index contributed by atoms with van der Waals surface area (Å²) in [6.45, 7) is 2.01. The van der Waals surface area contributed by atoms with Crippen molar-refractivity contribution < 1.29 is 19.2 Å². The van der Waals surface area contributed by atoms with Crippen LogP contribution in [0.15, 0.2) is 18.2 Å². The van der Waals surface area contributed by atoms with E-state index < -0.39 is 10.8 Å². The molecule has 1 aromatic carbocycles. The van der Waals surface area contributed by atoms with Crippen LogP contribution < -0.4 is 5.32 Å². The average molecular weight is 308 g/mol. The molecular formula is C15H20N2O5. The summed E-state index contributed by atoms with van der Waals surface area (Å²) in [6.07, 6.45) is 2.51. The summed E-state index contributed by atoms with van der Waals surface area (Å²) in [6, 6.07) is 4.66. The summed E-state index contributed by atoms with van der Waals surface area (Å²) in [5.41, 5.74) is 0.362. The van der Waals surface area contributed by atoms with Gasteiger partial charge in [0.15, 0.2) is 0 Å². The maximum absolute atomic E-state index is 12.0. The second-order valence-corrected chi connectivity index (χ2v) is 4.87. The lowest BCUT2D eigenvalue weighted by Gasteiger charge is -2.07. The third-order valence-corrected chi connectivity index (χ3v) is 3.24. The molecule has 0 bridgehead atoms. The Morgan fingerprint density at radius 3 is 2.64 bits per heavy atom. The molecule has 22 heavy (non-hydrogen) atoms. The Morgan fingerprint density at radius 1 is 1.27 bits per heavy atom. The molecular weight excluding hydrogens is 288 g/mol. The highest BCUT2D eigenvalue weighted by Gasteiger charge is 2.21. The highest BCUT2D eigenvalue weighted by molar-refractivity contribution is 5.98. The maximum atomic E-state index is 12.0. The molecule has 0 unspecified atom stereocenters. The highest BCUT2D eigenvalue weighted by atomic mass is 16.6. The smallest absolute Gasteiger partial charge is 0.305 e. The molecule has 0 aliphatic carbocycles. The van der Waals surface area contributed by atoms with Gasteiger partial charge in [0.1, 0.15) is 5.56 Å². The van der Waals surface area contributed by atoms with E-state index in [0.29, 0.717) is 31.4 Å². The van der Waals surface area contributed by atoms with E-state index in [2.05, 4.69) is 10.1 Å². The molecule has 0 aliphatic rings. The quantitative estimate of drug-likeness (QED) is 0.344. The van der Waals surface area contributed by atoms with Crippen molar-refractivity contribution in [1.82, 2.24) is 5.32 Å². The molecule has 1 amide bonds. The van der Waals surface area contributed by atoms with Gasteiger partial charge in [-0.15, -0.1) is 0 Å². The van der Waals surface area contributed by atoms with E-state index in [4.69, 9.17) is 0 Å². The molecule has 0 fully saturated rings. The number of nitrogens with one attached hydrogen (secondary N) is 1. The van der Waals surface area contributed by atoms with Gasteiger partial charge in [-0.3, -0.25) is 19.7 Å². The molecule has 0 saturated carbocycles. The van der Waals surface area contributed by atoms with Crippen LogP contribution in [0.25, 0.3) is 0 Å². The number of nitro benzene ring substituents is 1. The molecule has 1 rings (SSSR count). The van der Waals surface area contributed by atoms with Crippen molar-refractivity contribution in [3.05, 3.63) is 39.4 Å². The number of hydrogen-bond acceptors (Lipinski definition) is 5. The number of carbonyl (C=O) groups is 2. The lowest BCUT2D eigenvalue weighted by Crippen LogP contribution is -2.25. The van der Waals surface area contributed by atoms with E-state index >= 15 is 0 Å². The number of nitro groups is 1. The van der Waals surface area contributed by atoms with Gasteiger partial charge >= 0.3 is 5.97 Å². The zero-order chi connectivity index (χ0) is 16.5. The number of para-hydroxylation sites is 1. The summed E-state index contributed by atoms with van der Waals surface area (Å²) in [7, 11) is 1.34. The highest BCUT2D eigenvalue weighted by Crippen LogP contribution is 2.22. The third kappa shape index (κ3) is 5.16. The van der Waals surface area contributed by atoms with Crippen LogP contribution >= 0.6 is 0 Å². The van der Waals surface area contributed by atoms with Gasteiger partial charge < -0.3 is 10.1 Å². The molecule has 0 heterocycles. The van der Waals surface area contributed by atoms with E-state index in [0.717, 1.165) is 6.42 Å². The molecule has 1 N–H and O–H groups in total. The number of carbonyl (C=O) groups excluding carboxylic acids is 2. The summed E-state index contributed by atoms with van der Waals surface area (Å²) in [5, 5.41) is 13.7. The topological polar surface area (TPSA) is 98.5 Å². The Kier molecular flexibility index (Phi) is 7.01. The first-order chi connectivity index (χ1) is 10.5. The monoisotopic (exact) mass is 308 g/mol. The van der Waals surface area contributed by atoms with Crippen molar-refractivity contribution in [2.75, 3.05) is 13.7 Å². The van der Waals surface area contributed by atoms with E-state index in [1.807, 2.05) is 0 Å². The van der Waals surface area contributed by atoms with Gasteiger partial charge in [-0.25, -0.2) is 0 Å². The zero-order valence-corrected chi connectivity index (χ0v) is 12.8. The number of methoxy groups -OCH3 is 1. The fourth-order valence-electron chi connectivity index (χ4n) is 2.05. The average Bonchev–Trinajstić information content (AvgIpc) is 2.49. The second-order valence-electron chi connectivity index (χ2n) is 4.87. The van der Waals surface area contributed by atoms with Crippen LogP contribution in [0.4, 0.5) is 5.69 Å². The van der Waals surface area contributed by atoms with Gasteiger partial charge in [0.2, 0.25) is 0 Å². The molecule has 0 spiro atoms. The van der Waals surface area contributed by atoms with Crippen LogP contribution in [0.3, 0.4) is 0 Å². The van der Waals surface area contributed by atoms with Crippen LogP contribution in [0, 0.1) is 17.0 Å². The first-order valence-electron chi connectivity index (χ1n) is 7.06. The minimum absolute atomic E-state index is 0.0690. The standard InChI is InChI=1S/C15H20N2O5/c1-11-7-6-8-12(14(11)17(20)21)15(19)16-10-5-3-4-9-13(18)22-2/h6-8H,3-5,9-10H2,1-2H3,(H,16,19). The number of amides is 1. The number of rotatable bonds is 8. The Morgan fingerprint density at radius 2 is 2.00 bits per heavy atom. The predicted molar refractivity (Wildman–Crippen MR) is 80.7 cm³/mol. The van der Waals surface area contributed by atoms with Crippen LogP contribution in [-0.4, -0.2) is 30.5 Å². The molecule has 7 heteroatoms. The van der Waals surface area contributed by atoms with Crippen LogP contribution in [0.2, 0.25) is 0 Å². The molecule has 120 valence electrons. The molecule has 0 saturated heterocycles. The number of esters is 1. The van der Waals surface area contributed by atoms with E-state index in [1.54, 1.807) is 19.1 Å². The van der Waals surface area contributed by atoms with Crippen molar-refractivity contribution in [3.63, 3.8) is 0 Å². The number of aryl methyl sites for hydroxylation is 1. The normalized spacial score (nSPS) is 10.1. The lowest BCUT2D eigenvalue weighted by molar-refractivity contribution is -0.385. The van der Waals surface area contributed by atoms with Crippen molar-refractivity contribution in [1.29, 1.82) is 0 Å². The lowest BCUT2D eigenvalue weighted by atomic mass is 10.1. The van der Waals surface area contributed by atoms with E-state index in [9.17, 15) is 19.7 Å². The van der Waals surface area contributed by atoms with Gasteiger partial charge in [0.25, 0.3) is 11.6 Å². The number of hydrogen-bond donors (Lipinski definition) is 1. The minimum Gasteiger partial charge on any atom is -0.469 e. The Labute approximate surface area is 128 Å². The van der Waals surface area contributed by atoms with Crippen molar-refractivity contribution in [2.45, 2.75) is 32.6 Å². The zero-order valence-electron chi connectivity index (χ0n) is 12.8. The summed E-state index contributed by atoms with van der Waals surface area (Å²) >= 11 is 0. The predicted octanol–water partition coefficient (Wildman–Crippen LogP) is 2.37. The Hall–Kier alpha value is -2.44. The van der Waals surface area contributed by atoms with E-state index in [-0.39, 0.29) is 17.2 Å². The van der Waals surface area contributed by atoms with Crippen LogP contribution in [0.5, 0.6) is 0 Å². The van der Waals surface area contributed by atoms with Crippen molar-refractivity contribution in [3.8, 4) is 0 Å². The second kappa shape index (κ2) is 8.76. The summed E-state index contributed by atoms with van der Waals surface area (Å²) in [4.78, 5) is 33.4. The molecule has 0 aliphatic heterocycles. The molecule has 1 aromatic rings. The van der Waals surface area contributed by atoms with Crippen molar-refractivity contribution >= 4 is 17.6 Å². The fourth-order valence-corrected chi connectivity index (χ4v) is 2.05. The first kappa shape index (κ1) is 17.6. The maximum Gasteiger partial charge on any atom is 0.305 e. The van der Waals surface area contributed by atoms with Gasteiger partial charge in [-0.2, -0.15) is 0 Å². The van der Waals surface area contributed by atoms with Gasteiger partial charge in [-0.1, -0.05) is 18.6 Å². The summed E-state index contributed by atoms with van der Waals surface area (Å²) < 4.78 is 4.53. The minimum atomic E-state index is -0.541. The fraction of sp³-hybridized carbons (Fsp3) is 0.467. The van der Waals surface area contributed by atoms with Crippen LogP contribution in [-0.2, 0) is 9.53 Å². The van der Waals surface area contributed by atoms with E-state index in [1.165, 1.54) is 13.2 Å². The van der Waals surface area contributed by atoms with Gasteiger partial charge in [0, 0.05) is 18.5 Å². The SMILES string of the molecule is COC(=O)CCCCCNC(=O)c1cccc(C)c1[N+](=O)[O-]. The van der Waals surface area contributed by atoms with Crippen molar-refractivity contribution in [2.24, 2.45) is 0 Å². The number of nitrogens with zero attached hydrogens (tertiary/aromatic N) is 1. The molecule has 0 aromatic heterocycles. The van der Waals surface area contributed by atoms with Gasteiger partial charge in [-0.05, 0) is 25.8 Å². The van der Waals surface area contributed by atoms with Crippen LogP contribution in [0.1, 0.15) is 41.6 Å². The van der Waals surface area contributed by atoms with Gasteiger partial charge in [0.05, 0.1) is 12.0 Å². The number of benzene rings is 1. The number of unbranched alkanes of at least 4 members (excludes halogenated alkanes) is 2.